The Hall–Kier alpha value is -3.61. The number of likely N-dealkylation sites (tertiary alicyclic amines) is 1. The minimum Gasteiger partial charge on any atom is -0.378 e. The Balaban J connectivity index is 1.33. The van der Waals surface area contributed by atoms with E-state index in [1.165, 1.54) is 5.56 Å². The molecule has 2 heterocycles. The van der Waals surface area contributed by atoms with Crippen LogP contribution in [0.5, 0.6) is 0 Å². The summed E-state index contributed by atoms with van der Waals surface area (Å²) >= 11 is 0. The molecule has 166 valence electrons. The highest BCUT2D eigenvalue weighted by atomic mass is 16.2. The van der Waals surface area contributed by atoms with Gasteiger partial charge < -0.3 is 15.1 Å². The molecule has 2 amide bonds. The van der Waals surface area contributed by atoms with Crippen molar-refractivity contribution in [1.82, 2.24) is 14.7 Å². The van der Waals surface area contributed by atoms with E-state index in [2.05, 4.69) is 51.7 Å². The summed E-state index contributed by atoms with van der Waals surface area (Å²) in [6.07, 6.45) is 2.72. The fourth-order valence-corrected chi connectivity index (χ4v) is 3.94. The number of nitrogens with one attached hydrogen (secondary N) is 1. The second-order valence-electron chi connectivity index (χ2n) is 8.40. The number of benzene rings is 2. The lowest BCUT2D eigenvalue weighted by Gasteiger charge is -2.17. The molecule has 1 N–H and O–H groups in total. The van der Waals surface area contributed by atoms with Crippen molar-refractivity contribution in [3.63, 3.8) is 0 Å². The summed E-state index contributed by atoms with van der Waals surface area (Å²) < 4.78 is 1.77. The van der Waals surface area contributed by atoms with E-state index in [0.717, 1.165) is 17.7 Å². The molecule has 4 rings (SSSR count). The van der Waals surface area contributed by atoms with Crippen molar-refractivity contribution in [2.24, 2.45) is 5.92 Å². The quantitative estimate of drug-likeness (QED) is 0.595. The number of carbonyl (C=O) groups is 2. The van der Waals surface area contributed by atoms with Crippen LogP contribution in [0.2, 0.25) is 0 Å². The van der Waals surface area contributed by atoms with E-state index in [9.17, 15) is 9.59 Å². The number of aromatic nitrogens is 2. The Morgan fingerprint density at radius 1 is 1.06 bits per heavy atom. The van der Waals surface area contributed by atoms with Crippen molar-refractivity contribution >= 4 is 23.3 Å². The Bertz CT molecular complexity index is 1060. The third-order valence-electron chi connectivity index (χ3n) is 5.85. The van der Waals surface area contributed by atoms with Gasteiger partial charge in [-0.3, -0.25) is 9.59 Å². The molecule has 1 unspecified atom stereocenters. The zero-order valence-electron chi connectivity index (χ0n) is 18.6. The Kier molecular flexibility index (Phi) is 6.54. The van der Waals surface area contributed by atoms with E-state index in [4.69, 9.17) is 0 Å². The topological polar surface area (TPSA) is 70.5 Å². The second kappa shape index (κ2) is 9.68. The molecule has 1 aromatic heterocycles. The number of anilines is 2. The molecule has 1 fully saturated rings. The molecule has 7 nitrogen and oxygen atoms in total. The van der Waals surface area contributed by atoms with Gasteiger partial charge in [0.05, 0.1) is 18.7 Å². The predicted octanol–water partition coefficient (Wildman–Crippen LogP) is 3.03. The number of hydrogen-bond acceptors (Lipinski definition) is 4. The number of nitrogens with zero attached hydrogens (tertiary/aromatic N) is 4. The van der Waals surface area contributed by atoms with Gasteiger partial charge in [0.1, 0.15) is 5.82 Å². The summed E-state index contributed by atoms with van der Waals surface area (Å²) in [5.41, 5.74) is 3.42. The van der Waals surface area contributed by atoms with Crippen LogP contribution < -0.4 is 10.2 Å². The van der Waals surface area contributed by atoms with Crippen LogP contribution in [0.1, 0.15) is 17.5 Å². The van der Waals surface area contributed by atoms with Gasteiger partial charge in [-0.05, 0) is 29.7 Å². The monoisotopic (exact) mass is 431 g/mol. The number of amides is 2. The largest absolute Gasteiger partial charge is 0.378 e. The van der Waals surface area contributed by atoms with Crippen LogP contribution in [-0.2, 0) is 22.6 Å². The van der Waals surface area contributed by atoms with Crippen LogP contribution in [0.3, 0.4) is 0 Å². The lowest BCUT2D eigenvalue weighted by atomic mass is 10.1. The normalized spacial score (nSPS) is 15.8. The zero-order valence-corrected chi connectivity index (χ0v) is 18.6. The van der Waals surface area contributed by atoms with Gasteiger partial charge in [-0.25, -0.2) is 4.68 Å². The van der Waals surface area contributed by atoms with Gasteiger partial charge in [-0.1, -0.05) is 42.5 Å². The van der Waals surface area contributed by atoms with Gasteiger partial charge in [0, 0.05) is 45.4 Å². The van der Waals surface area contributed by atoms with E-state index in [0.29, 0.717) is 25.5 Å². The predicted molar refractivity (Wildman–Crippen MR) is 126 cm³/mol. The third-order valence-corrected chi connectivity index (χ3v) is 5.85. The van der Waals surface area contributed by atoms with Crippen molar-refractivity contribution in [2.75, 3.05) is 37.4 Å². The van der Waals surface area contributed by atoms with Crippen LogP contribution in [0.25, 0.3) is 0 Å². The smallest absolute Gasteiger partial charge is 0.230 e. The average molecular weight is 432 g/mol. The first-order valence-corrected chi connectivity index (χ1v) is 10.9. The Morgan fingerprint density at radius 2 is 1.81 bits per heavy atom. The van der Waals surface area contributed by atoms with Crippen molar-refractivity contribution in [2.45, 2.75) is 19.4 Å². The maximum atomic E-state index is 12.9. The van der Waals surface area contributed by atoms with Gasteiger partial charge in [0.25, 0.3) is 0 Å². The molecular formula is C25H29N5O2. The summed E-state index contributed by atoms with van der Waals surface area (Å²) in [7, 11) is 4.01. The van der Waals surface area contributed by atoms with Gasteiger partial charge in [-0.15, -0.1) is 0 Å². The van der Waals surface area contributed by atoms with Crippen LogP contribution >= 0.6 is 0 Å². The maximum Gasteiger partial charge on any atom is 0.230 e. The van der Waals surface area contributed by atoms with Crippen molar-refractivity contribution in [1.29, 1.82) is 0 Å². The molecule has 1 saturated heterocycles. The van der Waals surface area contributed by atoms with E-state index in [1.54, 1.807) is 21.8 Å². The van der Waals surface area contributed by atoms with Crippen LogP contribution in [-0.4, -0.2) is 53.7 Å². The van der Waals surface area contributed by atoms with Crippen molar-refractivity contribution in [3.05, 3.63) is 78.0 Å². The minimum absolute atomic E-state index is 0.0376. The number of hydrogen-bond donors (Lipinski definition) is 1. The first-order chi connectivity index (χ1) is 15.5. The van der Waals surface area contributed by atoms with Crippen LogP contribution in [0.4, 0.5) is 11.5 Å². The summed E-state index contributed by atoms with van der Waals surface area (Å²) in [4.78, 5) is 29.1. The molecule has 0 saturated carbocycles. The molecule has 2 aromatic carbocycles. The number of carbonyl (C=O) groups excluding carboxylic acids is 2. The van der Waals surface area contributed by atoms with E-state index in [1.807, 2.05) is 32.3 Å². The fraction of sp³-hybridized carbons (Fsp3) is 0.320. The Morgan fingerprint density at radius 3 is 2.53 bits per heavy atom. The lowest BCUT2D eigenvalue weighted by Crippen LogP contribution is -2.30. The highest BCUT2D eigenvalue weighted by Gasteiger charge is 2.34. The first-order valence-electron chi connectivity index (χ1n) is 10.9. The summed E-state index contributed by atoms with van der Waals surface area (Å²) in [5, 5.41) is 7.33. The summed E-state index contributed by atoms with van der Waals surface area (Å²) in [6, 6.07) is 20.1. The molecule has 7 heteroatoms. The molecule has 0 bridgehead atoms. The molecule has 3 aromatic rings. The standard InChI is InChI=1S/C25H29N5O2/c1-28(2)22-10-8-20(9-11-22)17-30-23(12-14-26-30)27-25(32)21-16-24(31)29(18-21)15-13-19-6-4-3-5-7-19/h3-12,14,21H,13,15-18H2,1-2H3,(H,27,32). The molecule has 0 radical (unpaired) electrons. The molecule has 0 aliphatic carbocycles. The van der Waals surface area contributed by atoms with Gasteiger partial charge in [0.2, 0.25) is 11.8 Å². The lowest BCUT2D eigenvalue weighted by molar-refractivity contribution is -0.128. The minimum atomic E-state index is -0.346. The second-order valence-corrected chi connectivity index (χ2v) is 8.40. The molecule has 1 atom stereocenters. The fourth-order valence-electron chi connectivity index (χ4n) is 3.94. The Labute approximate surface area is 188 Å². The molecular weight excluding hydrogens is 402 g/mol. The average Bonchev–Trinajstić information content (AvgIpc) is 3.39. The van der Waals surface area contributed by atoms with Crippen LogP contribution in [0, 0.1) is 5.92 Å². The van der Waals surface area contributed by atoms with Crippen LogP contribution in [0.15, 0.2) is 66.9 Å². The summed E-state index contributed by atoms with van der Waals surface area (Å²) in [6.45, 7) is 1.65. The molecule has 1 aliphatic rings. The zero-order chi connectivity index (χ0) is 22.5. The molecule has 0 spiro atoms. The van der Waals surface area contributed by atoms with E-state index in [-0.39, 0.29) is 24.2 Å². The van der Waals surface area contributed by atoms with E-state index >= 15 is 0 Å². The third kappa shape index (κ3) is 5.17. The maximum absolute atomic E-state index is 12.9. The van der Waals surface area contributed by atoms with Gasteiger partial charge in [-0.2, -0.15) is 5.10 Å². The highest BCUT2D eigenvalue weighted by molar-refractivity contribution is 5.96. The number of rotatable bonds is 8. The van der Waals surface area contributed by atoms with Gasteiger partial charge >= 0.3 is 0 Å². The summed E-state index contributed by atoms with van der Waals surface area (Å²) in [5.74, 6) is 0.198. The molecule has 1 aliphatic heterocycles. The van der Waals surface area contributed by atoms with Gasteiger partial charge in [0.15, 0.2) is 0 Å². The first kappa shape index (κ1) is 21.6. The molecule has 32 heavy (non-hydrogen) atoms. The van der Waals surface area contributed by atoms with E-state index < -0.39 is 0 Å². The SMILES string of the molecule is CN(C)c1ccc(Cn2nccc2NC(=O)C2CC(=O)N(CCc3ccccc3)C2)cc1. The highest BCUT2D eigenvalue weighted by Crippen LogP contribution is 2.21. The van der Waals surface area contributed by atoms with Crippen molar-refractivity contribution in [3.8, 4) is 0 Å². The van der Waals surface area contributed by atoms with Crippen molar-refractivity contribution < 1.29 is 9.59 Å².